The largest absolute Gasteiger partial charge is 0.463 e. The van der Waals surface area contributed by atoms with Gasteiger partial charge in [0.05, 0.1) is 6.61 Å². The summed E-state index contributed by atoms with van der Waals surface area (Å²) in [5, 5.41) is 4.26. The Morgan fingerprint density at radius 3 is 2.55 bits per heavy atom. The van der Waals surface area contributed by atoms with Gasteiger partial charge in [-0.15, -0.1) is 0 Å². The first-order valence-corrected chi connectivity index (χ1v) is 7.25. The molecule has 0 radical (unpaired) electrons. The van der Waals surface area contributed by atoms with Gasteiger partial charge in [-0.05, 0) is 34.9 Å². The van der Waals surface area contributed by atoms with Crippen LogP contribution in [0, 0.1) is 0 Å². The lowest BCUT2D eigenvalue weighted by Crippen LogP contribution is -1.98. The van der Waals surface area contributed by atoms with Crippen molar-refractivity contribution < 1.29 is 9.53 Å². The van der Waals surface area contributed by atoms with Gasteiger partial charge in [-0.25, -0.2) is 4.79 Å². The standard InChI is InChI=1S/C10H8S.C7H10O2/c1-2-4-9(5-3-1)10-6-7-11-8-10;1-3-5-6-7(8)9-4-2/h1-8H;3,5-6H,1,4H2,2H3. The summed E-state index contributed by atoms with van der Waals surface area (Å²) in [6.45, 7) is 5.58. The number of esters is 1. The van der Waals surface area contributed by atoms with Crippen LogP contribution < -0.4 is 0 Å². The molecule has 0 atom stereocenters. The zero-order chi connectivity index (χ0) is 14.6. The summed E-state index contributed by atoms with van der Waals surface area (Å²) < 4.78 is 4.57. The Morgan fingerprint density at radius 2 is 2.00 bits per heavy atom. The molecule has 0 saturated carbocycles. The number of hydrogen-bond acceptors (Lipinski definition) is 3. The van der Waals surface area contributed by atoms with E-state index in [1.54, 1.807) is 18.3 Å². The molecule has 0 fully saturated rings. The van der Waals surface area contributed by atoms with Crippen molar-refractivity contribution >= 4 is 17.3 Å². The van der Waals surface area contributed by atoms with Crippen LogP contribution in [0.1, 0.15) is 6.92 Å². The van der Waals surface area contributed by atoms with E-state index in [-0.39, 0.29) is 5.97 Å². The molecule has 0 N–H and O–H groups in total. The molecule has 0 aliphatic rings. The highest BCUT2D eigenvalue weighted by Gasteiger charge is 1.93. The normalized spacial score (nSPS) is 9.65. The van der Waals surface area contributed by atoms with Crippen molar-refractivity contribution in [2.75, 3.05) is 6.61 Å². The Hall–Kier alpha value is -2.13. The Bertz CT molecular complexity index is 527. The van der Waals surface area contributed by atoms with E-state index in [9.17, 15) is 4.79 Å². The minimum absolute atomic E-state index is 0.322. The molecule has 0 spiro atoms. The van der Waals surface area contributed by atoms with Crippen molar-refractivity contribution in [2.45, 2.75) is 6.92 Å². The molecule has 0 amide bonds. The molecule has 0 saturated heterocycles. The molecular formula is C17H18O2S. The van der Waals surface area contributed by atoms with Gasteiger partial charge in [0.15, 0.2) is 0 Å². The minimum Gasteiger partial charge on any atom is -0.463 e. The lowest BCUT2D eigenvalue weighted by molar-refractivity contribution is -0.137. The highest BCUT2D eigenvalue weighted by atomic mass is 32.1. The van der Waals surface area contributed by atoms with E-state index in [0.717, 1.165) is 0 Å². The Balaban J connectivity index is 0.000000206. The van der Waals surface area contributed by atoms with Crippen LogP contribution in [-0.2, 0) is 9.53 Å². The summed E-state index contributed by atoms with van der Waals surface area (Å²) in [6, 6.07) is 12.6. The topological polar surface area (TPSA) is 26.3 Å². The fourth-order valence-electron chi connectivity index (χ4n) is 1.40. The van der Waals surface area contributed by atoms with Crippen LogP contribution in [0.15, 0.2) is 72.0 Å². The third-order valence-corrected chi connectivity index (χ3v) is 2.97. The molecule has 1 aromatic carbocycles. The van der Waals surface area contributed by atoms with Gasteiger partial charge < -0.3 is 4.74 Å². The van der Waals surface area contributed by atoms with Crippen LogP contribution in [0.25, 0.3) is 11.1 Å². The summed E-state index contributed by atoms with van der Waals surface area (Å²) in [4.78, 5) is 10.4. The van der Waals surface area contributed by atoms with Crippen LogP contribution in [0.4, 0.5) is 0 Å². The number of thiophene rings is 1. The maximum absolute atomic E-state index is 10.4. The summed E-state index contributed by atoms with van der Waals surface area (Å²) in [7, 11) is 0. The molecule has 0 aliphatic carbocycles. The average Bonchev–Trinajstić information content (AvgIpc) is 3.01. The summed E-state index contributed by atoms with van der Waals surface area (Å²) in [6.07, 6.45) is 4.39. The number of allylic oxidation sites excluding steroid dienone is 2. The predicted molar refractivity (Wildman–Crippen MR) is 85.7 cm³/mol. The molecule has 1 aromatic heterocycles. The van der Waals surface area contributed by atoms with Gasteiger partial charge in [-0.1, -0.05) is 49.1 Å². The van der Waals surface area contributed by atoms with Crippen LogP contribution in [0.2, 0.25) is 0 Å². The quantitative estimate of drug-likeness (QED) is 0.462. The molecule has 0 aliphatic heterocycles. The number of rotatable bonds is 4. The summed E-state index contributed by atoms with van der Waals surface area (Å²) >= 11 is 1.73. The van der Waals surface area contributed by atoms with Gasteiger partial charge in [0, 0.05) is 6.08 Å². The van der Waals surface area contributed by atoms with Gasteiger partial charge in [0.2, 0.25) is 0 Å². The molecule has 20 heavy (non-hydrogen) atoms. The number of benzene rings is 1. The Morgan fingerprint density at radius 1 is 1.25 bits per heavy atom. The number of ether oxygens (including phenoxy) is 1. The highest BCUT2D eigenvalue weighted by molar-refractivity contribution is 7.08. The monoisotopic (exact) mass is 286 g/mol. The zero-order valence-electron chi connectivity index (χ0n) is 11.5. The molecule has 1 heterocycles. The van der Waals surface area contributed by atoms with Crippen molar-refractivity contribution in [1.29, 1.82) is 0 Å². The second kappa shape index (κ2) is 9.75. The van der Waals surface area contributed by atoms with E-state index < -0.39 is 0 Å². The zero-order valence-corrected chi connectivity index (χ0v) is 12.3. The molecular weight excluding hydrogens is 268 g/mol. The van der Waals surface area contributed by atoms with Crippen molar-refractivity contribution in [3.63, 3.8) is 0 Å². The molecule has 2 rings (SSSR count). The minimum atomic E-state index is -0.322. The van der Waals surface area contributed by atoms with Gasteiger partial charge in [-0.2, -0.15) is 11.3 Å². The van der Waals surface area contributed by atoms with Gasteiger partial charge in [-0.3, -0.25) is 0 Å². The summed E-state index contributed by atoms with van der Waals surface area (Å²) in [5.74, 6) is -0.322. The summed E-state index contributed by atoms with van der Waals surface area (Å²) in [5.41, 5.74) is 2.62. The van der Waals surface area contributed by atoms with E-state index >= 15 is 0 Å². The lowest BCUT2D eigenvalue weighted by atomic mass is 10.1. The maximum atomic E-state index is 10.4. The number of carbonyl (C=O) groups excluding carboxylic acids is 1. The first kappa shape index (κ1) is 15.9. The second-order valence-corrected chi connectivity index (χ2v) is 4.50. The fraction of sp³-hybridized carbons (Fsp3) is 0.118. The smallest absolute Gasteiger partial charge is 0.330 e. The first-order chi connectivity index (χ1) is 9.77. The number of hydrogen-bond donors (Lipinski definition) is 0. The molecule has 3 heteroatoms. The van der Waals surface area contributed by atoms with Crippen LogP contribution >= 0.6 is 11.3 Å². The van der Waals surface area contributed by atoms with Crippen molar-refractivity contribution in [2.24, 2.45) is 0 Å². The van der Waals surface area contributed by atoms with Crippen LogP contribution in [-0.4, -0.2) is 12.6 Å². The van der Waals surface area contributed by atoms with Gasteiger partial charge in [0.25, 0.3) is 0 Å². The third kappa shape index (κ3) is 6.16. The fourth-order valence-corrected chi connectivity index (χ4v) is 2.06. The van der Waals surface area contributed by atoms with E-state index in [2.05, 4.69) is 52.4 Å². The van der Waals surface area contributed by atoms with Crippen LogP contribution in [0.3, 0.4) is 0 Å². The molecule has 0 unspecified atom stereocenters. The Kier molecular flexibility index (Phi) is 7.77. The van der Waals surface area contributed by atoms with Crippen molar-refractivity contribution in [3.05, 3.63) is 72.0 Å². The predicted octanol–water partition coefficient (Wildman–Crippen LogP) is 4.71. The Labute approximate surface area is 124 Å². The van der Waals surface area contributed by atoms with Crippen molar-refractivity contribution in [3.8, 4) is 11.1 Å². The van der Waals surface area contributed by atoms with E-state index in [1.165, 1.54) is 29.4 Å². The maximum Gasteiger partial charge on any atom is 0.330 e. The average molecular weight is 286 g/mol. The van der Waals surface area contributed by atoms with Crippen LogP contribution in [0.5, 0.6) is 0 Å². The first-order valence-electron chi connectivity index (χ1n) is 6.31. The number of carbonyl (C=O) groups is 1. The van der Waals surface area contributed by atoms with Crippen molar-refractivity contribution in [1.82, 2.24) is 0 Å². The van der Waals surface area contributed by atoms with Gasteiger partial charge in [0.1, 0.15) is 0 Å². The molecule has 2 nitrogen and oxygen atoms in total. The van der Waals surface area contributed by atoms with E-state index in [0.29, 0.717) is 6.61 Å². The lowest BCUT2D eigenvalue weighted by Gasteiger charge is -1.93. The molecule has 2 aromatic rings. The van der Waals surface area contributed by atoms with E-state index in [1.807, 2.05) is 6.07 Å². The SMILES string of the molecule is C=CC=CC(=O)OCC.c1ccc(-c2ccsc2)cc1. The molecule has 0 bridgehead atoms. The molecule has 104 valence electrons. The highest BCUT2D eigenvalue weighted by Crippen LogP contribution is 2.20. The second-order valence-electron chi connectivity index (χ2n) is 3.72. The van der Waals surface area contributed by atoms with Gasteiger partial charge >= 0.3 is 5.97 Å². The third-order valence-electron chi connectivity index (χ3n) is 2.28. The van der Waals surface area contributed by atoms with E-state index in [4.69, 9.17) is 0 Å².